The van der Waals surface area contributed by atoms with Crippen LogP contribution in [0.2, 0.25) is 0 Å². The molecule has 0 spiro atoms. The zero-order valence-electron chi connectivity index (χ0n) is 13.3. The normalized spacial score (nSPS) is 22.9. The molecule has 0 aromatic carbocycles. The highest BCUT2D eigenvalue weighted by molar-refractivity contribution is 5.85. The summed E-state index contributed by atoms with van der Waals surface area (Å²) in [6.45, 7) is 4.54. The lowest BCUT2D eigenvalue weighted by Crippen LogP contribution is -2.42. The first-order chi connectivity index (χ1) is 10.2. The van der Waals surface area contributed by atoms with Crippen molar-refractivity contribution in [1.29, 1.82) is 0 Å². The number of esters is 1. The molecule has 0 aliphatic carbocycles. The quantitative estimate of drug-likeness (QED) is 0.549. The molecule has 2 heterocycles. The van der Waals surface area contributed by atoms with Crippen LogP contribution < -0.4 is 10.6 Å². The first-order valence-corrected chi connectivity index (χ1v) is 8.02. The molecule has 1 unspecified atom stereocenters. The minimum absolute atomic E-state index is 0. The predicted molar refractivity (Wildman–Crippen MR) is 87.1 cm³/mol. The topological polar surface area (TPSA) is 70.7 Å². The Hall–Kier alpha value is -0.850. The Kier molecular flexibility index (Phi) is 8.75. The van der Waals surface area contributed by atoms with Crippen LogP contribution in [0.5, 0.6) is 0 Å². The summed E-state index contributed by atoms with van der Waals surface area (Å²) in [5.41, 5.74) is 0. The van der Waals surface area contributed by atoms with Crippen LogP contribution in [0, 0.1) is 5.92 Å². The molecule has 2 aliphatic rings. The number of amides is 1. The highest BCUT2D eigenvalue weighted by Gasteiger charge is 2.25. The number of rotatable bonds is 6. The van der Waals surface area contributed by atoms with Crippen molar-refractivity contribution in [2.45, 2.75) is 38.1 Å². The molecular formula is C15H28ClN3O3. The lowest BCUT2D eigenvalue weighted by Gasteiger charge is -2.30. The maximum absolute atomic E-state index is 11.8. The fourth-order valence-electron chi connectivity index (χ4n) is 3.10. The molecular weight excluding hydrogens is 306 g/mol. The Morgan fingerprint density at radius 1 is 1.27 bits per heavy atom. The summed E-state index contributed by atoms with van der Waals surface area (Å²) in [5.74, 6) is 0.127. The highest BCUT2D eigenvalue weighted by atomic mass is 35.5. The molecule has 2 fully saturated rings. The van der Waals surface area contributed by atoms with E-state index in [1.54, 1.807) is 0 Å². The summed E-state index contributed by atoms with van der Waals surface area (Å²) in [6.07, 6.45) is 4.76. The molecule has 1 amide bonds. The van der Waals surface area contributed by atoms with Crippen LogP contribution in [0.15, 0.2) is 0 Å². The van der Waals surface area contributed by atoms with Gasteiger partial charge in [-0.2, -0.15) is 0 Å². The highest BCUT2D eigenvalue weighted by Crippen LogP contribution is 2.18. The number of ether oxygens (including phenoxy) is 1. The van der Waals surface area contributed by atoms with Gasteiger partial charge in [-0.25, -0.2) is 0 Å². The number of methoxy groups -OCH3 is 1. The van der Waals surface area contributed by atoms with Gasteiger partial charge in [-0.3, -0.25) is 9.59 Å². The van der Waals surface area contributed by atoms with Gasteiger partial charge in [0.05, 0.1) is 19.1 Å². The lowest BCUT2D eigenvalue weighted by atomic mass is 9.97. The van der Waals surface area contributed by atoms with E-state index in [2.05, 4.69) is 15.5 Å². The van der Waals surface area contributed by atoms with Gasteiger partial charge in [0, 0.05) is 6.54 Å². The third kappa shape index (κ3) is 5.74. The second kappa shape index (κ2) is 10.0. The molecule has 6 nitrogen and oxygen atoms in total. The maximum atomic E-state index is 11.8. The van der Waals surface area contributed by atoms with E-state index >= 15 is 0 Å². The van der Waals surface area contributed by atoms with Crippen molar-refractivity contribution >= 4 is 24.3 Å². The van der Waals surface area contributed by atoms with Crippen LogP contribution in [-0.2, 0) is 14.3 Å². The molecule has 2 saturated heterocycles. The van der Waals surface area contributed by atoms with E-state index in [1.807, 2.05) is 0 Å². The van der Waals surface area contributed by atoms with Crippen LogP contribution in [0.4, 0.5) is 0 Å². The molecule has 2 aliphatic heterocycles. The van der Waals surface area contributed by atoms with E-state index in [-0.39, 0.29) is 36.2 Å². The van der Waals surface area contributed by atoms with Crippen LogP contribution in [-0.4, -0.2) is 62.7 Å². The number of hydrogen-bond donors (Lipinski definition) is 2. The van der Waals surface area contributed by atoms with Gasteiger partial charge in [-0.05, 0) is 58.3 Å². The smallest absolute Gasteiger partial charge is 0.308 e. The van der Waals surface area contributed by atoms with E-state index in [0.717, 1.165) is 64.8 Å². The number of piperidine rings is 1. The first kappa shape index (κ1) is 19.2. The van der Waals surface area contributed by atoms with Crippen molar-refractivity contribution in [3.63, 3.8) is 0 Å². The fourth-order valence-corrected chi connectivity index (χ4v) is 3.10. The predicted octanol–water partition coefficient (Wildman–Crippen LogP) is 0.552. The van der Waals surface area contributed by atoms with Gasteiger partial charge < -0.3 is 20.3 Å². The van der Waals surface area contributed by atoms with Gasteiger partial charge >= 0.3 is 5.97 Å². The number of carbonyl (C=O) groups excluding carboxylic acids is 2. The van der Waals surface area contributed by atoms with Crippen LogP contribution in [0.1, 0.15) is 32.1 Å². The number of nitrogens with zero attached hydrogens (tertiary/aromatic N) is 1. The monoisotopic (exact) mass is 333 g/mol. The van der Waals surface area contributed by atoms with E-state index in [9.17, 15) is 9.59 Å². The molecule has 0 saturated carbocycles. The molecule has 0 aromatic rings. The Labute approximate surface area is 138 Å². The molecule has 2 N–H and O–H groups in total. The summed E-state index contributed by atoms with van der Waals surface area (Å²) in [6, 6.07) is 0.0146. The lowest BCUT2D eigenvalue weighted by molar-refractivity contribution is -0.147. The summed E-state index contributed by atoms with van der Waals surface area (Å²) in [4.78, 5) is 25.6. The van der Waals surface area contributed by atoms with Gasteiger partial charge in [0.2, 0.25) is 5.91 Å². The molecule has 1 atom stereocenters. The Bertz CT molecular complexity index is 354. The summed E-state index contributed by atoms with van der Waals surface area (Å²) < 4.78 is 4.79. The van der Waals surface area contributed by atoms with Crippen molar-refractivity contribution in [3.8, 4) is 0 Å². The zero-order valence-corrected chi connectivity index (χ0v) is 14.1. The van der Waals surface area contributed by atoms with Crippen molar-refractivity contribution < 1.29 is 14.3 Å². The largest absolute Gasteiger partial charge is 0.469 e. The van der Waals surface area contributed by atoms with Crippen molar-refractivity contribution in [2.75, 3.05) is 39.8 Å². The van der Waals surface area contributed by atoms with Crippen LogP contribution >= 0.6 is 12.4 Å². The number of nitrogens with one attached hydrogen (secondary N) is 2. The first-order valence-electron chi connectivity index (χ1n) is 8.02. The van der Waals surface area contributed by atoms with Gasteiger partial charge in [-0.15, -0.1) is 12.4 Å². The van der Waals surface area contributed by atoms with E-state index in [4.69, 9.17) is 4.74 Å². The average molecular weight is 334 g/mol. The van der Waals surface area contributed by atoms with Crippen molar-refractivity contribution in [2.24, 2.45) is 5.92 Å². The number of likely N-dealkylation sites (tertiary alicyclic amines) is 1. The minimum Gasteiger partial charge on any atom is -0.469 e. The number of hydrogen-bond acceptors (Lipinski definition) is 5. The van der Waals surface area contributed by atoms with Crippen molar-refractivity contribution in [1.82, 2.24) is 15.5 Å². The van der Waals surface area contributed by atoms with E-state index < -0.39 is 0 Å². The van der Waals surface area contributed by atoms with Crippen LogP contribution in [0.3, 0.4) is 0 Å². The Morgan fingerprint density at radius 2 is 2.00 bits per heavy atom. The average Bonchev–Trinajstić information content (AvgIpc) is 3.05. The second-order valence-corrected chi connectivity index (χ2v) is 5.93. The molecule has 0 aromatic heterocycles. The molecule has 2 rings (SSSR count). The third-order valence-electron chi connectivity index (χ3n) is 4.45. The molecule has 22 heavy (non-hydrogen) atoms. The van der Waals surface area contributed by atoms with Gasteiger partial charge in [0.1, 0.15) is 0 Å². The fraction of sp³-hybridized carbons (Fsp3) is 0.867. The maximum Gasteiger partial charge on any atom is 0.308 e. The second-order valence-electron chi connectivity index (χ2n) is 5.93. The van der Waals surface area contributed by atoms with Crippen LogP contribution in [0.25, 0.3) is 0 Å². The molecule has 0 radical (unpaired) electrons. The summed E-state index contributed by atoms with van der Waals surface area (Å²) in [7, 11) is 1.45. The standard InChI is InChI=1S/C15H27N3O3.ClH/c1-21-15(20)12-5-10-18(11-6-12)9-3-8-17-14(19)13-4-2-7-16-13;/h12-13,16H,2-11H2,1H3,(H,17,19);1H. The minimum atomic E-state index is -0.0778. The van der Waals surface area contributed by atoms with Gasteiger partial charge in [0.15, 0.2) is 0 Å². The van der Waals surface area contributed by atoms with Gasteiger partial charge in [0.25, 0.3) is 0 Å². The van der Waals surface area contributed by atoms with E-state index in [0.29, 0.717) is 0 Å². The third-order valence-corrected chi connectivity index (χ3v) is 4.45. The van der Waals surface area contributed by atoms with E-state index in [1.165, 1.54) is 7.11 Å². The zero-order chi connectivity index (χ0) is 15.1. The molecule has 7 heteroatoms. The summed E-state index contributed by atoms with van der Waals surface area (Å²) >= 11 is 0. The Morgan fingerprint density at radius 3 is 2.59 bits per heavy atom. The van der Waals surface area contributed by atoms with Crippen molar-refractivity contribution in [3.05, 3.63) is 0 Å². The number of halogens is 1. The number of carbonyl (C=O) groups is 2. The Balaban J connectivity index is 0.00000242. The molecule has 128 valence electrons. The van der Waals surface area contributed by atoms with Gasteiger partial charge in [-0.1, -0.05) is 0 Å². The SMILES string of the molecule is COC(=O)C1CCN(CCCNC(=O)C2CCCN2)CC1.Cl. The molecule has 0 bridgehead atoms. The summed E-state index contributed by atoms with van der Waals surface area (Å²) in [5, 5.41) is 6.20.